The molecule has 5 atom stereocenters. The van der Waals surface area contributed by atoms with Crippen LogP contribution in [0.2, 0.25) is 5.02 Å². The first kappa shape index (κ1) is 27.7. The Morgan fingerprint density at radius 1 is 1.10 bits per heavy atom. The van der Waals surface area contributed by atoms with Gasteiger partial charge >= 0.3 is 0 Å². The van der Waals surface area contributed by atoms with Crippen LogP contribution in [-0.2, 0) is 6.54 Å². The van der Waals surface area contributed by atoms with Crippen molar-refractivity contribution in [2.24, 2.45) is 29.1 Å². The molecule has 1 saturated heterocycles. The zero-order valence-corrected chi connectivity index (χ0v) is 24.0. The second-order valence-corrected chi connectivity index (χ2v) is 13.2. The third-order valence-electron chi connectivity index (χ3n) is 10.1. The second-order valence-electron chi connectivity index (χ2n) is 12.7. The highest BCUT2D eigenvalue weighted by molar-refractivity contribution is 6.31. The quantitative estimate of drug-likeness (QED) is 0.332. The van der Waals surface area contributed by atoms with Gasteiger partial charge in [0.05, 0.1) is 6.20 Å². The van der Waals surface area contributed by atoms with Crippen LogP contribution in [0.25, 0.3) is 0 Å². The number of benzene rings is 1. The van der Waals surface area contributed by atoms with E-state index in [0.717, 1.165) is 49.5 Å². The number of nitrogens with zero attached hydrogens (tertiary/aromatic N) is 4. The van der Waals surface area contributed by atoms with Crippen molar-refractivity contribution in [3.63, 3.8) is 0 Å². The number of likely N-dealkylation sites (tertiary alicyclic amines) is 1. The molecule has 1 aliphatic heterocycles. The first-order valence-electron chi connectivity index (χ1n) is 15.0. The van der Waals surface area contributed by atoms with Gasteiger partial charge in [-0.1, -0.05) is 29.8 Å². The summed E-state index contributed by atoms with van der Waals surface area (Å²) in [5.41, 5.74) is 1.73. The summed E-state index contributed by atoms with van der Waals surface area (Å²) in [6.07, 6.45) is 10.4. The number of alkyl halides is 1. The third kappa shape index (κ3) is 6.07. The highest BCUT2D eigenvalue weighted by atomic mass is 35.5. The SMILES string of the molecule is N#Cc1cnc(NCc2ccccc2Cl)nc1NC[C@]12CC3C[C@H](C1)[C@@H](NCC1CCN(CCF)CC1)[C@@H](C3)C2. The Labute approximate surface area is 242 Å². The van der Waals surface area contributed by atoms with E-state index in [1.165, 1.54) is 44.9 Å². The molecule has 9 heteroatoms. The van der Waals surface area contributed by atoms with Gasteiger partial charge < -0.3 is 20.9 Å². The summed E-state index contributed by atoms with van der Waals surface area (Å²) in [6.45, 7) is 4.91. The normalized spacial score (nSPS) is 29.8. The number of hydrogen-bond acceptors (Lipinski definition) is 7. The van der Waals surface area contributed by atoms with Crippen LogP contribution >= 0.6 is 11.6 Å². The summed E-state index contributed by atoms with van der Waals surface area (Å²) >= 11 is 6.30. The average molecular weight is 566 g/mol. The van der Waals surface area contributed by atoms with Crippen molar-refractivity contribution in [2.45, 2.75) is 57.5 Å². The molecule has 2 aromatic rings. The van der Waals surface area contributed by atoms with E-state index in [4.69, 9.17) is 11.6 Å². The molecule has 1 aromatic heterocycles. The van der Waals surface area contributed by atoms with Crippen molar-refractivity contribution >= 4 is 23.4 Å². The minimum atomic E-state index is -0.233. The fourth-order valence-corrected chi connectivity index (χ4v) is 8.55. The lowest BCUT2D eigenvalue weighted by Gasteiger charge is -2.60. The number of piperidine rings is 1. The molecule has 7 nitrogen and oxygen atoms in total. The van der Waals surface area contributed by atoms with Gasteiger partial charge in [-0.3, -0.25) is 0 Å². The lowest BCUT2D eigenvalue weighted by Crippen LogP contribution is -2.60. The molecule has 214 valence electrons. The van der Waals surface area contributed by atoms with Gasteiger partial charge in [0.1, 0.15) is 24.1 Å². The van der Waals surface area contributed by atoms with Crippen molar-refractivity contribution < 1.29 is 4.39 Å². The van der Waals surface area contributed by atoms with Gasteiger partial charge in [0.25, 0.3) is 0 Å². The molecule has 5 aliphatic rings. The molecule has 5 fully saturated rings. The highest BCUT2D eigenvalue weighted by Crippen LogP contribution is 2.60. The number of hydrogen-bond donors (Lipinski definition) is 3. The molecular weight excluding hydrogens is 525 g/mol. The maximum atomic E-state index is 12.7. The zero-order valence-electron chi connectivity index (χ0n) is 23.2. The molecule has 1 aromatic carbocycles. The maximum Gasteiger partial charge on any atom is 0.224 e. The Morgan fingerprint density at radius 3 is 2.60 bits per heavy atom. The van der Waals surface area contributed by atoms with Gasteiger partial charge in [-0.2, -0.15) is 10.2 Å². The van der Waals surface area contributed by atoms with Crippen molar-refractivity contribution in [3.8, 4) is 6.07 Å². The molecular formula is C31H41ClFN7. The molecule has 4 bridgehead atoms. The lowest BCUT2D eigenvalue weighted by molar-refractivity contribution is -0.0704. The topological polar surface area (TPSA) is 88.9 Å². The number of anilines is 2. The van der Waals surface area contributed by atoms with Crippen molar-refractivity contribution in [1.82, 2.24) is 20.2 Å². The molecule has 1 unspecified atom stereocenters. The smallest absolute Gasteiger partial charge is 0.224 e. The van der Waals surface area contributed by atoms with E-state index in [-0.39, 0.29) is 12.1 Å². The summed E-state index contributed by atoms with van der Waals surface area (Å²) in [5, 5.41) is 21.3. The van der Waals surface area contributed by atoms with Crippen LogP contribution in [-0.4, -0.2) is 60.3 Å². The molecule has 4 saturated carbocycles. The van der Waals surface area contributed by atoms with E-state index in [1.54, 1.807) is 6.20 Å². The largest absolute Gasteiger partial charge is 0.368 e. The van der Waals surface area contributed by atoms with Gasteiger partial charge in [-0.05, 0) is 105 Å². The predicted octanol–water partition coefficient (Wildman–Crippen LogP) is 5.49. The molecule has 3 N–H and O–H groups in total. The monoisotopic (exact) mass is 565 g/mol. The molecule has 4 aliphatic carbocycles. The molecule has 2 heterocycles. The molecule has 0 radical (unpaired) electrons. The molecule has 0 amide bonds. The van der Waals surface area contributed by atoms with Crippen molar-refractivity contribution in [1.29, 1.82) is 5.26 Å². The lowest BCUT2D eigenvalue weighted by atomic mass is 9.48. The second kappa shape index (κ2) is 12.2. The summed E-state index contributed by atoms with van der Waals surface area (Å²) < 4.78 is 12.7. The number of rotatable bonds is 11. The number of halogens is 2. The summed E-state index contributed by atoms with van der Waals surface area (Å²) in [7, 11) is 0. The van der Waals surface area contributed by atoms with Crippen LogP contribution in [0.5, 0.6) is 0 Å². The summed E-state index contributed by atoms with van der Waals surface area (Å²) in [6, 6.07) is 10.6. The number of nitrogens with one attached hydrogen (secondary N) is 3. The Bertz CT molecular complexity index is 1190. The van der Waals surface area contributed by atoms with Crippen LogP contribution in [0.15, 0.2) is 30.5 Å². The minimum absolute atomic E-state index is 0.233. The van der Waals surface area contributed by atoms with Gasteiger partial charge in [-0.15, -0.1) is 0 Å². The Kier molecular flexibility index (Phi) is 8.43. The first-order chi connectivity index (χ1) is 19.5. The molecule has 40 heavy (non-hydrogen) atoms. The van der Waals surface area contributed by atoms with Crippen molar-refractivity contribution in [2.75, 3.05) is 50.0 Å². The first-order valence-corrected chi connectivity index (χ1v) is 15.4. The maximum absolute atomic E-state index is 12.7. The molecule has 7 rings (SSSR count). The Morgan fingerprint density at radius 2 is 1.88 bits per heavy atom. The average Bonchev–Trinajstić information content (AvgIpc) is 2.96. The number of nitriles is 1. The summed E-state index contributed by atoms with van der Waals surface area (Å²) in [4.78, 5) is 11.3. The standard InChI is InChI=1S/C31H41ClFN7/c32-27-4-2-1-3-23(27)18-36-30-37-19-26(16-34)29(39-30)38-20-31-13-22-11-24(14-31)28(25(12-22)15-31)35-17-21-5-8-40(9-6-21)10-7-33/h1-4,19,21-22,24-25,28,35H,5-15,17-18,20H2,(H2,36,37,38,39)/t22?,24-,25+,28-,31-. The van der Waals surface area contributed by atoms with Crippen LogP contribution in [0.4, 0.5) is 16.2 Å². The Balaban J connectivity index is 1.05. The van der Waals surface area contributed by atoms with Crippen LogP contribution in [0.1, 0.15) is 56.1 Å². The Hall–Kier alpha value is -2.47. The number of aromatic nitrogens is 2. The van der Waals surface area contributed by atoms with E-state index in [2.05, 4.69) is 36.9 Å². The van der Waals surface area contributed by atoms with E-state index >= 15 is 0 Å². The van der Waals surface area contributed by atoms with Gasteiger partial charge in [0, 0.05) is 30.7 Å². The van der Waals surface area contributed by atoms with Crippen molar-refractivity contribution in [3.05, 3.63) is 46.6 Å². The van der Waals surface area contributed by atoms with Crippen LogP contribution < -0.4 is 16.0 Å². The highest BCUT2D eigenvalue weighted by Gasteiger charge is 2.55. The minimum Gasteiger partial charge on any atom is -0.368 e. The predicted molar refractivity (Wildman–Crippen MR) is 157 cm³/mol. The summed E-state index contributed by atoms with van der Waals surface area (Å²) in [5.74, 6) is 4.10. The van der Waals surface area contributed by atoms with Crippen LogP contribution in [0.3, 0.4) is 0 Å². The van der Waals surface area contributed by atoms with Gasteiger partial charge in [0.2, 0.25) is 5.95 Å². The fraction of sp³-hybridized carbons (Fsp3) is 0.645. The zero-order chi connectivity index (χ0) is 27.5. The van der Waals surface area contributed by atoms with Gasteiger partial charge in [-0.25, -0.2) is 9.37 Å². The van der Waals surface area contributed by atoms with Gasteiger partial charge in [0.15, 0.2) is 0 Å². The van der Waals surface area contributed by atoms with E-state index in [1.807, 2.05) is 24.3 Å². The van der Waals surface area contributed by atoms with E-state index in [9.17, 15) is 9.65 Å². The van der Waals surface area contributed by atoms with E-state index < -0.39 is 0 Å². The fourth-order valence-electron chi connectivity index (χ4n) is 8.35. The third-order valence-corrected chi connectivity index (χ3v) is 10.5. The molecule has 0 spiro atoms. The van der Waals surface area contributed by atoms with E-state index in [0.29, 0.717) is 47.4 Å². The van der Waals surface area contributed by atoms with Crippen LogP contribution in [0, 0.1) is 40.4 Å².